The number of aliphatic hydroxyl groups is 3. The summed E-state index contributed by atoms with van der Waals surface area (Å²) < 4.78 is 20.8. The smallest absolute Gasteiger partial charge is 0.142 e. The van der Waals surface area contributed by atoms with Crippen LogP contribution in [0.15, 0.2) is 47.8 Å². The molecule has 1 saturated heterocycles. The number of hydrogen-bond acceptors (Lipinski definition) is 8. The highest BCUT2D eigenvalue weighted by Crippen LogP contribution is 2.38. The first-order chi connectivity index (χ1) is 14.9. The van der Waals surface area contributed by atoms with Crippen LogP contribution >= 0.6 is 35.0 Å². The lowest BCUT2D eigenvalue weighted by atomic mass is 9.97. The first kappa shape index (κ1) is 22.4. The van der Waals surface area contributed by atoms with Gasteiger partial charge < -0.3 is 20.1 Å². The Morgan fingerprint density at radius 3 is 2.68 bits per heavy atom. The summed E-state index contributed by atoms with van der Waals surface area (Å²) >= 11 is 12.8. The van der Waals surface area contributed by atoms with E-state index >= 15 is 0 Å². The van der Waals surface area contributed by atoms with Gasteiger partial charge in [-0.2, -0.15) is 0 Å². The molecule has 3 heterocycles. The average Bonchev–Trinajstić information content (AvgIpc) is 3.22. The van der Waals surface area contributed by atoms with E-state index in [2.05, 4.69) is 15.3 Å². The maximum absolute atomic E-state index is 13.8. The minimum Gasteiger partial charge on any atom is -0.394 e. The number of rotatable bonds is 5. The van der Waals surface area contributed by atoms with Crippen LogP contribution in [0.4, 0.5) is 4.39 Å². The number of benzene rings is 1. The molecule has 0 radical (unpaired) electrons. The number of nitrogens with zero attached hydrogens (tertiary/aromatic N) is 4. The maximum Gasteiger partial charge on any atom is 0.142 e. The van der Waals surface area contributed by atoms with Crippen molar-refractivity contribution in [3.8, 4) is 11.3 Å². The van der Waals surface area contributed by atoms with Crippen molar-refractivity contribution in [2.24, 2.45) is 0 Å². The number of ether oxygens (including phenoxy) is 1. The topological polar surface area (TPSA) is 114 Å². The summed E-state index contributed by atoms with van der Waals surface area (Å²) in [7, 11) is 0. The predicted octanol–water partition coefficient (Wildman–Crippen LogP) is 2.56. The van der Waals surface area contributed by atoms with E-state index in [0.29, 0.717) is 21.2 Å². The van der Waals surface area contributed by atoms with E-state index in [1.54, 1.807) is 18.3 Å². The van der Waals surface area contributed by atoms with Crippen molar-refractivity contribution >= 4 is 35.0 Å². The van der Waals surface area contributed by atoms with Crippen molar-refractivity contribution in [1.29, 1.82) is 0 Å². The molecule has 2 unspecified atom stereocenters. The average molecular weight is 487 g/mol. The van der Waals surface area contributed by atoms with Crippen LogP contribution < -0.4 is 0 Å². The van der Waals surface area contributed by atoms with Gasteiger partial charge in [0.2, 0.25) is 0 Å². The monoisotopic (exact) mass is 486 g/mol. The molecule has 1 fully saturated rings. The van der Waals surface area contributed by atoms with Crippen molar-refractivity contribution in [2.75, 3.05) is 6.61 Å². The van der Waals surface area contributed by atoms with Gasteiger partial charge in [-0.25, -0.2) is 9.07 Å². The number of aliphatic hydroxyl groups excluding tert-OH is 3. The molecule has 4 rings (SSSR count). The SMILES string of the molecule is OCC1O[C@H](Sc2cncc(Cl)c2)C(O)[C@@H](n2cc(-c3ccc(Cl)c(F)c3)nn2)[C@H]1O. The van der Waals surface area contributed by atoms with Crippen molar-refractivity contribution in [3.05, 3.63) is 58.7 Å². The quantitative estimate of drug-likeness (QED) is 0.504. The molecule has 0 saturated carbocycles. The van der Waals surface area contributed by atoms with Gasteiger partial charge in [0.1, 0.15) is 41.3 Å². The summed E-state index contributed by atoms with van der Waals surface area (Å²) in [5, 5.41) is 39.7. The highest BCUT2D eigenvalue weighted by Gasteiger charge is 2.46. The molecule has 1 aliphatic rings. The molecule has 5 atom stereocenters. The van der Waals surface area contributed by atoms with Crippen LogP contribution in [0, 0.1) is 5.82 Å². The highest BCUT2D eigenvalue weighted by molar-refractivity contribution is 7.99. The number of thioether (sulfide) groups is 1. The summed E-state index contributed by atoms with van der Waals surface area (Å²) in [5.41, 5.74) is -0.101. The fourth-order valence-electron chi connectivity index (χ4n) is 3.28. The first-order valence-corrected chi connectivity index (χ1v) is 10.8. The molecule has 0 spiro atoms. The lowest BCUT2D eigenvalue weighted by molar-refractivity contribution is -0.178. The normalized spacial score (nSPS) is 26.2. The summed E-state index contributed by atoms with van der Waals surface area (Å²) in [6, 6.07) is 4.88. The highest BCUT2D eigenvalue weighted by atomic mass is 35.5. The van der Waals surface area contributed by atoms with Gasteiger partial charge in [0.15, 0.2) is 0 Å². The number of hydrogen-bond donors (Lipinski definition) is 3. The van der Waals surface area contributed by atoms with E-state index in [-0.39, 0.29) is 5.02 Å². The van der Waals surface area contributed by atoms with Gasteiger partial charge in [0, 0.05) is 22.9 Å². The molecule has 3 N–H and O–H groups in total. The Bertz CT molecular complexity index is 1070. The summed E-state index contributed by atoms with van der Waals surface area (Å²) in [6.45, 7) is -0.473. The molecular weight excluding hydrogens is 470 g/mol. The molecule has 3 aromatic rings. The van der Waals surface area contributed by atoms with Gasteiger partial charge in [0.25, 0.3) is 0 Å². The second kappa shape index (κ2) is 9.37. The van der Waals surface area contributed by atoms with Gasteiger partial charge >= 0.3 is 0 Å². The number of aromatic nitrogens is 4. The largest absolute Gasteiger partial charge is 0.394 e. The van der Waals surface area contributed by atoms with Crippen molar-refractivity contribution in [1.82, 2.24) is 20.0 Å². The zero-order valence-corrected chi connectivity index (χ0v) is 18.0. The maximum atomic E-state index is 13.8. The third kappa shape index (κ3) is 4.70. The van der Waals surface area contributed by atoms with Gasteiger partial charge in [-0.1, -0.05) is 46.2 Å². The Morgan fingerprint density at radius 1 is 1.16 bits per heavy atom. The van der Waals surface area contributed by atoms with Crippen LogP contribution in [0.25, 0.3) is 11.3 Å². The molecular formula is C19H17Cl2FN4O4S. The zero-order chi connectivity index (χ0) is 22.1. The third-order valence-electron chi connectivity index (χ3n) is 4.81. The van der Waals surface area contributed by atoms with Gasteiger partial charge in [-0.3, -0.25) is 4.98 Å². The summed E-state index contributed by atoms with van der Waals surface area (Å²) in [6.07, 6.45) is 1.04. The first-order valence-electron chi connectivity index (χ1n) is 9.14. The van der Waals surface area contributed by atoms with Crippen LogP contribution in [0.2, 0.25) is 10.0 Å². The Labute approximate surface area is 190 Å². The lowest BCUT2D eigenvalue weighted by Gasteiger charge is -2.41. The third-order valence-corrected chi connectivity index (χ3v) is 6.44. The van der Waals surface area contributed by atoms with E-state index in [9.17, 15) is 19.7 Å². The summed E-state index contributed by atoms with van der Waals surface area (Å²) in [5.74, 6) is -0.605. The molecule has 1 aliphatic heterocycles. The van der Waals surface area contributed by atoms with Crippen molar-refractivity contribution in [2.45, 2.75) is 34.7 Å². The predicted molar refractivity (Wildman–Crippen MR) is 112 cm³/mol. The van der Waals surface area contributed by atoms with Gasteiger partial charge in [-0.05, 0) is 18.2 Å². The Kier molecular flexibility index (Phi) is 6.77. The minimum atomic E-state index is -1.27. The fraction of sp³-hybridized carbons (Fsp3) is 0.316. The zero-order valence-electron chi connectivity index (χ0n) is 15.7. The standard InChI is InChI=1S/C19H17Cl2FN4O4S/c20-10-4-11(6-23-5-10)31-19-18(29)16(17(28)15(8-27)30-19)26-7-14(24-25-26)9-1-2-12(21)13(22)3-9/h1-7,15-19,27-29H,8H2/t15?,16-,17-,18?,19+/m0/s1. The van der Waals surface area contributed by atoms with E-state index in [1.165, 1.54) is 29.2 Å². The molecule has 2 aromatic heterocycles. The molecule has 12 heteroatoms. The fourth-order valence-corrected chi connectivity index (χ4v) is 4.72. The summed E-state index contributed by atoms with van der Waals surface area (Å²) in [4.78, 5) is 4.64. The molecule has 0 bridgehead atoms. The Morgan fingerprint density at radius 2 is 1.97 bits per heavy atom. The molecule has 31 heavy (non-hydrogen) atoms. The van der Waals surface area contributed by atoms with Crippen LogP contribution in [-0.4, -0.2) is 65.7 Å². The van der Waals surface area contributed by atoms with Crippen LogP contribution in [0.3, 0.4) is 0 Å². The van der Waals surface area contributed by atoms with Crippen LogP contribution in [0.5, 0.6) is 0 Å². The molecule has 164 valence electrons. The van der Waals surface area contributed by atoms with Crippen LogP contribution in [-0.2, 0) is 4.74 Å². The number of pyridine rings is 1. The van der Waals surface area contributed by atoms with Gasteiger partial charge in [-0.15, -0.1) is 5.10 Å². The van der Waals surface area contributed by atoms with E-state index in [1.807, 2.05) is 0 Å². The minimum absolute atomic E-state index is 0.0208. The lowest BCUT2D eigenvalue weighted by Crippen LogP contribution is -2.55. The second-order valence-corrected chi connectivity index (χ2v) is 8.88. The van der Waals surface area contributed by atoms with E-state index in [0.717, 1.165) is 11.8 Å². The van der Waals surface area contributed by atoms with Crippen molar-refractivity contribution < 1.29 is 24.4 Å². The molecule has 0 amide bonds. The molecule has 1 aromatic carbocycles. The van der Waals surface area contributed by atoms with E-state index < -0.39 is 42.2 Å². The van der Waals surface area contributed by atoms with E-state index in [4.69, 9.17) is 27.9 Å². The Hall–Kier alpha value is -1.79. The van der Waals surface area contributed by atoms with Gasteiger partial charge in [0.05, 0.1) is 22.8 Å². The Balaban J connectivity index is 1.62. The van der Waals surface area contributed by atoms with Crippen molar-refractivity contribution in [3.63, 3.8) is 0 Å². The second-order valence-electron chi connectivity index (χ2n) is 6.87. The molecule has 8 nitrogen and oxygen atoms in total. The number of halogens is 3. The van der Waals surface area contributed by atoms with Crippen LogP contribution in [0.1, 0.15) is 6.04 Å². The molecule has 0 aliphatic carbocycles.